The van der Waals surface area contributed by atoms with E-state index in [9.17, 15) is 9.59 Å². The molecule has 0 aliphatic rings. The van der Waals surface area contributed by atoms with Crippen molar-refractivity contribution in [3.8, 4) is 17.2 Å². The molecule has 1 N–H and O–H groups in total. The quantitative estimate of drug-likeness (QED) is 0.805. The van der Waals surface area contributed by atoms with Crippen molar-refractivity contribution in [1.82, 2.24) is 5.32 Å². The summed E-state index contributed by atoms with van der Waals surface area (Å²) in [7, 11) is 4.50. The molecule has 0 aliphatic heterocycles. The Morgan fingerprint density at radius 2 is 1.62 bits per heavy atom. The second-order valence-electron chi connectivity index (χ2n) is 3.85. The molecule has 0 heterocycles. The summed E-state index contributed by atoms with van der Waals surface area (Å²) in [6, 6.07) is 3.36. The van der Waals surface area contributed by atoms with Gasteiger partial charge in [0.2, 0.25) is 11.7 Å². The zero-order valence-corrected chi connectivity index (χ0v) is 12.1. The molecule has 112 valence electrons. The third kappa shape index (κ3) is 4.38. The maximum absolute atomic E-state index is 11.5. The van der Waals surface area contributed by atoms with E-state index in [0.717, 1.165) is 6.08 Å². The standard InChI is InChI=1S/C15H17NO5/c1-5-13(17)16-14(18)7-6-10-8-11(19-2)15(21-4)12(9-10)20-3/h5-9H,1H2,2-4H3,(H,16,17,18)/b7-6+. The highest BCUT2D eigenvalue weighted by Gasteiger charge is 2.12. The van der Waals surface area contributed by atoms with E-state index in [1.807, 2.05) is 0 Å². The number of nitrogens with one attached hydrogen (secondary N) is 1. The second kappa shape index (κ2) is 7.74. The first-order chi connectivity index (χ1) is 10.0. The molecule has 1 aromatic rings. The topological polar surface area (TPSA) is 73.9 Å². The number of ether oxygens (including phenoxy) is 3. The van der Waals surface area contributed by atoms with Crippen molar-refractivity contribution >= 4 is 17.9 Å². The van der Waals surface area contributed by atoms with E-state index in [-0.39, 0.29) is 0 Å². The maximum atomic E-state index is 11.5. The summed E-state index contributed by atoms with van der Waals surface area (Å²) < 4.78 is 15.6. The first-order valence-electron chi connectivity index (χ1n) is 6.01. The molecule has 1 aromatic carbocycles. The number of rotatable bonds is 6. The molecule has 0 aliphatic carbocycles. The molecule has 0 spiro atoms. The summed E-state index contributed by atoms with van der Waals surface area (Å²) in [6.45, 7) is 3.26. The molecule has 1 rings (SSSR count). The van der Waals surface area contributed by atoms with Gasteiger partial charge in [0.15, 0.2) is 11.5 Å². The Balaban J connectivity index is 3.01. The number of benzene rings is 1. The number of carbonyl (C=O) groups excluding carboxylic acids is 2. The van der Waals surface area contributed by atoms with Crippen LogP contribution < -0.4 is 19.5 Å². The average Bonchev–Trinajstić information content (AvgIpc) is 2.51. The van der Waals surface area contributed by atoms with Gasteiger partial charge in [-0.25, -0.2) is 0 Å². The van der Waals surface area contributed by atoms with E-state index in [1.165, 1.54) is 33.5 Å². The highest BCUT2D eigenvalue weighted by atomic mass is 16.5. The van der Waals surface area contributed by atoms with Crippen molar-refractivity contribution in [2.45, 2.75) is 0 Å². The van der Waals surface area contributed by atoms with E-state index in [2.05, 4.69) is 11.9 Å². The van der Waals surface area contributed by atoms with Crippen molar-refractivity contribution in [2.75, 3.05) is 21.3 Å². The van der Waals surface area contributed by atoms with E-state index in [1.54, 1.807) is 12.1 Å². The average molecular weight is 291 g/mol. The van der Waals surface area contributed by atoms with Gasteiger partial charge >= 0.3 is 0 Å². The number of carbonyl (C=O) groups is 2. The van der Waals surface area contributed by atoms with Crippen LogP contribution in [0.1, 0.15) is 5.56 Å². The highest BCUT2D eigenvalue weighted by Crippen LogP contribution is 2.38. The molecule has 0 saturated heterocycles. The third-order valence-electron chi connectivity index (χ3n) is 2.55. The number of methoxy groups -OCH3 is 3. The van der Waals surface area contributed by atoms with E-state index >= 15 is 0 Å². The summed E-state index contributed by atoms with van der Waals surface area (Å²) in [5.41, 5.74) is 0.658. The summed E-state index contributed by atoms with van der Waals surface area (Å²) in [5, 5.41) is 2.11. The zero-order valence-electron chi connectivity index (χ0n) is 12.1. The minimum atomic E-state index is -0.561. The largest absolute Gasteiger partial charge is 0.493 e. The molecule has 6 heteroatoms. The molecule has 0 saturated carbocycles. The SMILES string of the molecule is C=CC(=O)NC(=O)/C=C/c1cc(OC)c(OC)c(OC)c1. The van der Waals surface area contributed by atoms with Gasteiger partial charge in [-0.2, -0.15) is 0 Å². The van der Waals surface area contributed by atoms with Crippen LogP contribution >= 0.6 is 0 Å². The van der Waals surface area contributed by atoms with Crippen LogP contribution in [0, 0.1) is 0 Å². The molecular weight excluding hydrogens is 274 g/mol. The lowest BCUT2D eigenvalue weighted by atomic mass is 10.1. The van der Waals surface area contributed by atoms with Crippen LogP contribution in [0.15, 0.2) is 30.9 Å². The Kier molecular flexibility index (Phi) is 6.00. The van der Waals surface area contributed by atoms with Crippen LogP contribution in [0.4, 0.5) is 0 Å². The Hall–Kier alpha value is -2.76. The highest BCUT2D eigenvalue weighted by molar-refractivity contribution is 6.06. The Labute approximate surface area is 123 Å². The van der Waals surface area contributed by atoms with Crippen LogP contribution in [0.3, 0.4) is 0 Å². The van der Waals surface area contributed by atoms with Gasteiger partial charge in [0.05, 0.1) is 21.3 Å². The molecule has 0 fully saturated rings. The molecule has 21 heavy (non-hydrogen) atoms. The number of hydrogen-bond acceptors (Lipinski definition) is 5. The minimum Gasteiger partial charge on any atom is -0.493 e. The lowest BCUT2D eigenvalue weighted by Gasteiger charge is -2.12. The van der Waals surface area contributed by atoms with Crippen molar-refractivity contribution < 1.29 is 23.8 Å². The van der Waals surface area contributed by atoms with Crippen molar-refractivity contribution in [3.05, 3.63) is 36.4 Å². The van der Waals surface area contributed by atoms with Gasteiger partial charge in [-0.05, 0) is 29.8 Å². The molecular formula is C15H17NO5. The molecule has 0 unspecified atom stereocenters. The second-order valence-corrected chi connectivity index (χ2v) is 3.85. The Morgan fingerprint density at radius 1 is 1.05 bits per heavy atom. The minimum absolute atomic E-state index is 0.462. The van der Waals surface area contributed by atoms with Gasteiger partial charge < -0.3 is 14.2 Å². The normalized spacial score (nSPS) is 10.0. The third-order valence-corrected chi connectivity index (χ3v) is 2.55. The predicted octanol–water partition coefficient (Wildman–Crippen LogP) is 1.55. The van der Waals surface area contributed by atoms with Gasteiger partial charge in [-0.15, -0.1) is 0 Å². The summed E-state index contributed by atoms with van der Waals surface area (Å²) in [6.07, 6.45) is 3.77. The molecule has 0 bridgehead atoms. The number of amides is 2. The van der Waals surface area contributed by atoms with Gasteiger partial charge in [0.25, 0.3) is 5.91 Å². The smallest absolute Gasteiger partial charge is 0.250 e. The van der Waals surface area contributed by atoms with E-state index < -0.39 is 11.8 Å². The van der Waals surface area contributed by atoms with Gasteiger partial charge in [0.1, 0.15) is 0 Å². The monoisotopic (exact) mass is 291 g/mol. The summed E-state index contributed by atoms with van der Waals surface area (Å²) in [4.78, 5) is 22.4. The molecule has 0 aromatic heterocycles. The molecule has 0 radical (unpaired) electrons. The molecule has 2 amide bonds. The van der Waals surface area contributed by atoms with Crippen LogP contribution in [0.25, 0.3) is 6.08 Å². The number of hydrogen-bond donors (Lipinski definition) is 1. The first kappa shape index (κ1) is 16.3. The van der Waals surface area contributed by atoms with Crippen molar-refractivity contribution in [1.29, 1.82) is 0 Å². The fourth-order valence-electron chi connectivity index (χ4n) is 1.58. The van der Waals surface area contributed by atoms with Gasteiger partial charge in [-0.1, -0.05) is 6.58 Å². The molecule has 0 atom stereocenters. The Bertz CT molecular complexity index is 552. The fraction of sp³-hybridized carbons (Fsp3) is 0.200. The summed E-state index contributed by atoms with van der Waals surface area (Å²) in [5.74, 6) is 0.296. The number of imide groups is 1. The van der Waals surface area contributed by atoms with Gasteiger partial charge in [0, 0.05) is 6.08 Å². The fourth-order valence-corrected chi connectivity index (χ4v) is 1.58. The Morgan fingerprint density at radius 3 is 2.05 bits per heavy atom. The first-order valence-corrected chi connectivity index (χ1v) is 6.01. The maximum Gasteiger partial charge on any atom is 0.250 e. The van der Waals surface area contributed by atoms with Crippen LogP contribution in [-0.2, 0) is 9.59 Å². The van der Waals surface area contributed by atoms with Crippen molar-refractivity contribution in [2.24, 2.45) is 0 Å². The summed E-state index contributed by atoms with van der Waals surface area (Å²) >= 11 is 0. The van der Waals surface area contributed by atoms with Gasteiger partial charge in [-0.3, -0.25) is 14.9 Å². The predicted molar refractivity (Wildman–Crippen MR) is 78.5 cm³/mol. The van der Waals surface area contributed by atoms with E-state index in [4.69, 9.17) is 14.2 Å². The van der Waals surface area contributed by atoms with E-state index in [0.29, 0.717) is 22.8 Å². The lowest BCUT2D eigenvalue weighted by molar-refractivity contribution is -0.125. The van der Waals surface area contributed by atoms with Crippen LogP contribution in [-0.4, -0.2) is 33.1 Å². The zero-order chi connectivity index (χ0) is 15.8. The van der Waals surface area contributed by atoms with Crippen LogP contribution in [0.5, 0.6) is 17.2 Å². The lowest BCUT2D eigenvalue weighted by Crippen LogP contribution is -2.26. The van der Waals surface area contributed by atoms with Crippen molar-refractivity contribution in [3.63, 3.8) is 0 Å². The van der Waals surface area contributed by atoms with Crippen LogP contribution in [0.2, 0.25) is 0 Å². The molecule has 6 nitrogen and oxygen atoms in total.